The van der Waals surface area contributed by atoms with Gasteiger partial charge in [-0.2, -0.15) is 0 Å². The van der Waals surface area contributed by atoms with Crippen molar-refractivity contribution in [1.29, 1.82) is 0 Å². The molecule has 0 aliphatic carbocycles. The quantitative estimate of drug-likeness (QED) is 0.299. The van der Waals surface area contributed by atoms with Gasteiger partial charge in [0, 0.05) is 0 Å². The lowest BCUT2D eigenvalue weighted by atomic mass is 9.85. The van der Waals surface area contributed by atoms with Crippen molar-refractivity contribution in [3.8, 4) is 33.8 Å². The number of ether oxygens (including phenoxy) is 2. The van der Waals surface area contributed by atoms with Gasteiger partial charge in [0.15, 0.2) is 0 Å². The Balaban J connectivity index is 1.97. The molecule has 0 amide bonds. The molecule has 146 valence electrons. The van der Waals surface area contributed by atoms with Crippen LogP contribution in [0.5, 0.6) is 11.5 Å². The molecular weight excluding hydrogens is 368 g/mol. The molecule has 0 bridgehead atoms. The predicted molar refractivity (Wildman–Crippen MR) is 125 cm³/mol. The fraction of sp³-hybridized carbons (Fsp3) is 0.0714. The number of fused-ring (bicyclic) bond motifs is 3. The van der Waals surface area contributed by atoms with Gasteiger partial charge in [0.2, 0.25) is 0 Å². The molecule has 5 rings (SSSR count). The summed E-state index contributed by atoms with van der Waals surface area (Å²) in [5.41, 5.74) is 4.84. The molecule has 0 aliphatic rings. The van der Waals surface area contributed by atoms with Gasteiger partial charge < -0.3 is 9.47 Å². The molecule has 0 saturated carbocycles. The van der Waals surface area contributed by atoms with E-state index in [1.807, 2.05) is 18.2 Å². The van der Waals surface area contributed by atoms with Crippen molar-refractivity contribution in [2.24, 2.45) is 0 Å². The summed E-state index contributed by atoms with van der Waals surface area (Å²) in [5, 5.41) is 4.85. The van der Waals surface area contributed by atoms with Crippen molar-refractivity contribution in [3.63, 3.8) is 0 Å². The largest absolute Gasteiger partial charge is 0.497 e. The molecule has 0 spiro atoms. The van der Waals surface area contributed by atoms with Crippen molar-refractivity contribution in [1.82, 2.24) is 0 Å². The summed E-state index contributed by atoms with van der Waals surface area (Å²) < 4.78 is 10.9. The van der Waals surface area contributed by atoms with E-state index < -0.39 is 0 Å². The number of hydrogen-bond donors (Lipinski definition) is 0. The summed E-state index contributed by atoms with van der Waals surface area (Å²) in [6.45, 7) is 0. The van der Waals surface area contributed by atoms with E-state index in [0.29, 0.717) is 0 Å². The van der Waals surface area contributed by atoms with Crippen LogP contribution < -0.4 is 9.47 Å². The third-order valence-corrected chi connectivity index (χ3v) is 5.67. The highest BCUT2D eigenvalue weighted by molar-refractivity contribution is 6.21. The van der Waals surface area contributed by atoms with Crippen LogP contribution in [0.15, 0.2) is 97.1 Å². The van der Waals surface area contributed by atoms with Crippen LogP contribution in [0.25, 0.3) is 43.8 Å². The van der Waals surface area contributed by atoms with Crippen LogP contribution in [-0.2, 0) is 0 Å². The van der Waals surface area contributed by atoms with Crippen molar-refractivity contribution in [3.05, 3.63) is 97.1 Å². The Bertz CT molecular complexity index is 1340. The summed E-state index contributed by atoms with van der Waals surface area (Å²) in [6, 6.07) is 33.9. The number of rotatable bonds is 4. The minimum absolute atomic E-state index is 0.856. The average Bonchev–Trinajstić information content (AvgIpc) is 2.83. The Labute approximate surface area is 176 Å². The van der Waals surface area contributed by atoms with Crippen LogP contribution in [0.1, 0.15) is 0 Å². The zero-order valence-corrected chi connectivity index (χ0v) is 17.1. The molecule has 5 aromatic carbocycles. The van der Waals surface area contributed by atoms with E-state index >= 15 is 0 Å². The SMILES string of the molecule is COc1ccc(-c2c(-c3ccccc3)c3ccc(OC)cc3c3ccccc23)cc1. The zero-order chi connectivity index (χ0) is 20.5. The van der Waals surface area contributed by atoms with E-state index in [-0.39, 0.29) is 0 Å². The van der Waals surface area contributed by atoms with Crippen molar-refractivity contribution >= 4 is 21.5 Å². The van der Waals surface area contributed by atoms with E-state index in [0.717, 1.165) is 11.5 Å². The van der Waals surface area contributed by atoms with Crippen LogP contribution >= 0.6 is 0 Å². The Morgan fingerprint density at radius 2 is 0.967 bits per heavy atom. The molecule has 0 N–H and O–H groups in total. The summed E-state index contributed by atoms with van der Waals surface area (Å²) in [5.74, 6) is 1.72. The Morgan fingerprint density at radius 1 is 0.433 bits per heavy atom. The lowest BCUT2D eigenvalue weighted by molar-refractivity contribution is 0.415. The first kappa shape index (κ1) is 18.3. The highest BCUT2D eigenvalue weighted by Gasteiger charge is 2.17. The van der Waals surface area contributed by atoms with E-state index in [2.05, 4.69) is 78.9 Å². The molecule has 2 heteroatoms. The maximum atomic E-state index is 5.54. The first-order chi connectivity index (χ1) is 14.8. The van der Waals surface area contributed by atoms with Crippen molar-refractivity contribution < 1.29 is 9.47 Å². The van der Waals surface area contributed by atoms with Crippen LogP contribution in [0.4, 0.5) is 0 Å². The Hall–Kier alpha value is -3.78. The summed E-state index contributed by atoms with van der Waals surface area (Å²) in [7, 11) is 3.41. The van der Waals surface area contributed by atoms with Gasteiger partial charge in [-0.25, -0.2) is 0 Å². The highest BCUT2D eigenvalue weighted by atomic mass is 16.5. The minimum Gasteiger partial charge on any atom is -0.497 e. The van der Waals surface area contributed by atoms with Gasteiger partial charge in [-0.1, -0.05) is 72.8 Å². The minimum atomic E-state index is 0.856. The van der Waals surface area contributed by atoms with Crippen LogP contribution in [-0.4, -0.2) is 14.2 Å². The zero-order valence-electron chi connectivity index (χ0n) is 17.1. The molecule has 0 fully saturated rings. The normalized spacial score (nSPS) is 11.0. The molecular formula is C28H22O2. The maximum absolute atomic E-state index is 5.54. The second-order valence-corrected chi connectivity index (χ2v) is 7.30. The van der Waals surface area contributed by atoms with Gasteiger partial charge in [0.05, 0.1) is 14.2 Å². The van der Waals surface area contributed by atoms with Crippen LogP contribution in [0, 0.1) is 0 Å². The molecule has 0 aromatic heterocycles. The molecule has 30 heavy (non-hydrogen) atoms. The second kappa shape index (κ2) is 7.57. The molecule has 0 radical (unpaired) electrons. The van der Waals surface area contributed by atoms with Crippen LogP contribution in [0.2, 0.25) is 0 Å². The third-order valence-electron chi connectivity index (χ3n) is 5.67. The molecule has 0 atom stereocenters. The first-order valence-electron chi connectivity index (χ1n) is 10.0. The number of hydrogen-bond acceptors (Lipinski definition) is 2. The van der Waals surface area contributed by atoms with Gasteiger partial charge >= 0.3 is 0 Å². The van der Waals surface area contributed by atoms with Gasteiger partial charge in [-0.3, -0.25) is 0 Å². The van der Waals surface area contributed by atoms with Gasteiger partial charge in [0.25, 0.3) is 0 Å². The third kappa shape index (κ3) is 2.98. The first-order valence-corrected chi connectivity index (χ1v) is 10.0. The number of methoxy groups -OCH3 is 2. The van der Waals surface area contributed by atoms with Gasteiger partial charge in [0.1, 0.15) is 11.5 Å². The molecule has 2 nitrogen and oxygen atoms in total. The molecule has 0 unspecified atom stereocenters. The fourth-order valence-corrected chi connectivity index (χ4v) is 4.26. The molecule has 5 aromatic rings. The summed E-state index contributed by atoms with van der Waals surface area (Å²) >= 11 is 0. The highest BCUT2D eigenvalue weighted by Crippen LogP contribution is 2.45. The Kier molecular flexibility index (Phi) is 4.61. The van der Waals surface area contributed by atoms with E-state index in [1.165, 1.54) is 43.8 Å². The molecule has 0 aliphatic heterocycles. The molecule has 0 saturated heterocycles. The molecule has 0 heterocycles. The van der Waals surface area contributed by atoms with E-state index in [4.69, 9.17) is 9.47 Å². The number of benzene rings is 5. The smallest absolute Gasteiger partial charge is 0.119 e. The van der Waals surface area contributed by atoms with E-state index in [9.17, 15) is 0 Å². The maximum Gasteiger partial charge on any atom is 0.119 e. The van der Waals surface area contributed by atoms with Gasteiger partial charge in [-0.15, -0.1) is 0 Å². The lowest BCUT2D eigenvalue weighted by Gasteiger charge is -2.19. The topological polar surface area (TPSA) is 18.5 Å². The Morgan fingerprint density at radius 3 is 1.63 bits per heavy atom. The second-order valence-electron chi connectivity index (χ2n) is 7.30. The fourth-order valence-electron chi connectivity index (χ4n) is 4.26. The lowest BCUT2D eigenvalue weighted by Crippen LogP contribution is -1.93. The average molecular weight is 390 g/mol. The van der Waals surface area contributed by atoms with Gasteiger partial charge in [-0.05, 0) is 68.1 Å². The summed E-state index contributed by atoms with van der Waals surface area (Å²) in [4.78, 5) is 0. The van der Waals surface area contributed by atoms with Crippen molar-refractivity contribution in [2.75, 3.05) is 14.2 Å². The standard InChI is InChI=1S/C28H22O2/c1-29-21-14-12-20(13-15-21)28-24-11-7-6-10-23(24)26-18-22(30-2)16-17-25(26)27(28)19-8-4-3-5-9-19/h3-18H,1-2H3. The predicted octanol–water partition coefficient (Wildman–Crippen LogP) is 7.34. The van der Waals surface area contributed by atoms with Crippen molar-refractivity contribution in [2.45, 2.75) is 0 Å². The van der Waals surface area contributed by atoms with E-state index in [1.54, 1.807) is 14.2 Å². The monoisotopic (exact) mass is 390 g/mol. The van der Waals surface area contributed by atoms with Crippen LogP contribution in [0.3, 0.4) is 0 Å². The summed E-state index contributed by atoms with van der Waals surface area (Å²) in [6.07, 6.45) is 0.